The number of amides is 1. The number of anilines is 1. The second-order valence-electron chi connectivity index (χ2n) is 8.03. The summed E-state index contributed by atoms with van der Waals surface area (Å²) in [6.07, 6.45) is 5.08. The van der Waals surface area contributed by atoms with Crippen molar-refractivity contribution in [2.75, 3.05) is 18.0 Å². The third-order valence-electron chi connectivity index (χ3n) is 5.69. The van der Waals surface area contributed by atoms with Crippen LogP contribution in [0.1, 0.15) is 29.5 Å². The summed E-state index contributed by atoms with van der Waals surface area (Å²) in [7, 11) is 0. The summed E-state index contributed by atoms with van der Waals surface area (Å²) < 4.78 is 6.02. The van der Waals surface area contributed by atoms with Crippen molar-refractivity contribution in [3.63, 3.8) is 0 Å². The number of hydrogen-bond donors (Lipinski definition) is 1. The fourth-order valence-electron chi connectivity index (χ4n) is 3.84. The Hall–Kier alpha value is -3.41. The molecule has 0 spiro atoms. The van der Waals surface area contributed by atoms with Gasteiger partial charge in [0.2, 0.25) is 5.91 Å². The van der Waals surface area contributed by atoms with Crippen molar-refractivity contribution in [1.82, 2.24) is 15.3 Å². The van der Waals surface area contributed by atoms with Gasteiger partial charge in [0.25, 0.3) is 5.88 Å². The van der Waals surface area contributed by atoms with E-state index in [-0.39, 0.29) is 11.8 Å². The lowest BCUT2D eigenvalue weighted by molar-refractivity contribution is -0.125. The zero-order valence-electron chi connectivity index (χ0n) is 18.0. The molecule has 1 N–H and O–H groups in total. The van der Waals surface area contributed by atoms with Gasteiger partial charge in [-0.25, -0.2) is 9.97 Å². The van der Waals surface area contributed by atoms with Crippen molar-refractivity contribution >= 4 is 11.7 Å². The summed E-state index contributed by atoms with van der Waals surface area (Å²) in [5, 5.41) is 3.11. The molecule has 160 valence electrons. The SMILES string of the molecule is Cc1ccc(Oc2nccnc2N2CCC[C@H](C(=O)NCc3ccccc3C)C2)cc1. The summed E-state index contributed by atoms with van der Waals surface area (Å²) in [5.41, 5.74) is 3.50. The summed E-state index contributed by atoms with van der Waals surface area (Å²) in [6.45, 7) is 6.07. The Morgan fingerprint density at radius 3 is 2.68 bits per heavy atom. The minimum atomic E-state index is -0.0907. The molecule has 1 amide bonds. The molecule has 1 saturated heterocycles. The van der Waals surface area contributed by atoms with Crippen molar-refractivity contribution in [1.29, 1.82) is 0 Å². The minimum absolute atomic E-state index is 0.0813. The van der Waals surface area contributed by atoms with Crippen LogP contribution >= 0.6 is 0 Å². The number of rotatable bonds is 6. The van der Waals surface area contributed by atoms with E-state index in [0.29, 0.717) is 24.8 Å². The van der Waals surface area contributed by atoms with E-state index in [1.165, 1.54) is 11.1 Å². The van der Waals surface area contributed by atoms with Gasteiger partial charge in [-0.3, -0.25) is 4.79 Å². The van der Waals surface area contributed by atoms with Gasteiger partial charge in [-0.1, -0.05) is 42.0 Å². The van der Waals surface area contributed by atoms with Gasteiger partial charge < -0.3 is 15.0 Å². The second kappa shape index (κ2) is 9.60. The normalized spacial score (nSPS) is 16.1. The zero-order valence-corrected chi connectivity index (χ0v) is 18.0. The highest BCUT2D eigenvalue weighted by atomic mass is 16.5. The Bertz CT molecular complexity index is 1040. The van der Waals surface area contributed by atoms with Gasteiger partial charge in [-0.2, -0.15) is 0 Å². The molecular weight excluding hydrogens is 388 g/mol. The Kier molecular flexibility index (Phi) is 6.46. The van der Waals surface area contributed by atoms with Gasteiger partial charge in [0.1, 0.15) is 5.75 Å². The Balaban J connectivity index is 1.43. The van der Waals surface area contributed by atoms with Crippen LogP contribution in [0.5, 0.6) is 11.6 Å². The molecule has 1 fully saturated rings. The standard InChI is InChI=1S/C25H28N4O2/c1-18-9-11-22(12-10-18)31-25-23(26-13-14-27-25)29-15-5-8-21(17-29)24(30)28-16-20-7-4-3-6-19(20)2/h3-4,6-7,9-14,21H,5,8,15-17H2,1-2H3,(H,28,30)/t21-/m0/s1. The molecule has 4 rings (SSSR count). The number of carbonyl (C=O) groups excluding carboxylic acids is 1. The fourth-order valence-corrected chi connectivity index (χ4v) is 3.84. The predicted octanol–water partition coefficient (Wildman–Crippen LogP) is 4.42. The van der Waals surface area contributed by atoms with E-state index in [1.54, 1.807) is 12.4 Å². The molecule has 6 heteroatoms. The van der Waals surface area contributed by atoms with Crippen molar-refractivity contribution in [3.05, 3.63) is 77.6 Å². The monoisotopic (exact) mass is 416 g/mol. The molecule has 31 heavy (non-hydrogen) atoms. The first-order chi connectivity index (χ1) is 15.1. The lowest BCUT2D eigenvalue weighted by atomic mass is 9.97. The van der Waals surface area contributed by atoms with Crippen molar-refractivity contribution < 1.29 is 9.53 Å². The van der Waals surface area contributed by atoms with Crippen LogP contribution in [0, 0.1) is 19.8 Å². The van der Waals surface area contributed by atoms with Gasteiger partial charge in [-0.15, -0.1) is 0 Å². The van der Waals surface area contributed by atoms with Crippen LogP contribution in [0.25, 0.3) is 0 Å². The first-order valence-corrected chi connectivity index (χ1v) is 10.7. The second-order valence-corrected chi connectivity index (χ2v) is 8.03. The molecule has 0 aliphatic carbocycles. The molecule has 0 radical (unpaired) electrons. The summed E-state index contributed by atoms with van der Waals surface area (Å²) in [5.74, 6) is 1.86. The molecule has 1 aliphatic heterocycles. The number of benzene rings is 2. The van der Waals surface area contributed by atoms with Gasteiger partial charge in [0, 0.05) is 32.0 Å². The van der Waals surface area contributed by atoms with E-state index in [4.69, 9.17) is 4.74 Å². The highest BCUT2D eigenvalue weighted by Gasteiger charge is 2.28. The smallest absolute Gasteiger partial charge is 0.263 e. The third-order valence-corrected chi connectivity index (χ3v) is 5.69. The molecule has 0 unspecified atom stereocenters. The van der Waals surface area contributed by atoms with Crippen LogP contribution in [0.4, 0.5) is 5.82 Å². The van der Waals surface area contributed by atoms with E-state index >= 15 is 0 Å². The molecule has 2 heterocycles. The third kappa shape index (κ3) is 5.20. The molecule has 1 aromatic heterocycles. The van der Waals surface area contributed by atoms with E-state index in [1.807, 2.05) is 43.3 Å². The highest BCUT2D eigenvalue weighted by Crippen LogP contribution is 2.31. The number of piperidine rings is 1. The van der Waals surface area contributed by atoms with E-state index in [0.717, 1.165) is 30.7 Å². The number of nitrogens with one attached hydrogen (secondary N) is 1. The molecular formula is C25H28N4O2. The van der Waals surface area contributed by atoms with Crippen LogP contribution in [-0.4, -0.2) is 29.0 Å². The summed E-state index contributed by atoms with van der Waals surface area (Å²) in [4.78, 5) is 23.9. The van der Waals surface area contributed by atoms with Gasteiger partial charge >= 0.3 is 0 Å². The number of aromatic nitrogens is 2. The molecule has 6 nitrogen and oxygen atoms in total. The number of carbonyl (C=O) groups is 1. The van der Waals surface area contributed by atoms with Crippen LogP contribution < -0.4 is 15.0 Å². The molecule has 1 atom stereocenters. The number of ether oxygens (including phenoxy) is 1. The van der Waals surface area contributed by atoms with Crippen LogP contribution in [-0.2, 0) is 11.3 Å². The Labute approximate surface area is 183 Å². The van der Waals surface area contributed by atoms with Crippen molar-refractivity contribution in [3.8, 4) is 11.6 Å². The summed E-state index contributed by atoms with van der Waals surface area (Å²) >= 11 is 0. The highest BCUT2D eigenvalue weighted by molar-refractivity contribution is 5.79. The largest absolute Gasteiger partial charge is 0.436 e. The number of aryl methyl sites for hydroxylation is 2. The van der Waals surface area contributed by atoms with Crippen LogP contribution in [0.2, 0.25) is 0 Å². The maximum absolute atomic E-state index is 12.9. The van der Waals surface area contributed by atoms with Gasteiger partial charge in [0.15, 0.2) is 5.82 Å². The molecule has 3 aromatic rings. The zero-order chi connectivity index (χ0) is 21.6. The van der Waals surface area contributed by atoms with Gasteiger partial charge in [-0.05, 0) is 49.9 Å². The van der Waals surface area contributed by atoms with E-state index in [2.05, 4.69) is 39.2 Å². The topological polar surface area (TPSA) is 67.4 Å². The van der Waals surface area contributed by atoms with Crippen LogP contribution in [0.3, 0.4) is 0 Å². The minimum Gasteiger partial charge on any atom is -0.436 e. The number of nitrogens with zero attached hydrogens (tertiary/aromatic N) is 3. The van der Waals surface area contributed by atoms with Crippen LogP contribution in [0.15, 0.2) is 60.9 Å². The molecule has 2 aromatic carbocycles. The number of hydrogen-bond acceptors (Lipinski definition) is 5. The van der Waals surface area contributed by atoms with Gasteiger partial charge in [0.05, 0.1) is 5.92 Å². The van der Waals surface area contributed by atoms with E-state index < -0.39 is 0 Å². The van der Waals surface area contributed by atoms with Crippen molar-refractivity contribution in [2.24, 2.45) is 5.92 Å². The fraction of sp³-hybridized carbons (Fsp3) is 0.320. The molecule has 0 saturated carbocycles. The first-order valence-electron chi connectivity index (χ1n) is 10.7. The quantitative estimate of drug-likeness (QED) is 0.644. The lowest BCUT2D eigenvalue weighted by Crippen LogP contribution is -2.43. The van der Waals surface area contributed by atoms with Crippen molar-refractivity contribution in [2.45, 2.75) is 33.2 Å². The summed E-state index contributed by atoms with van der Waals surface area (Å²) in [6, 6.07) is 16.0. The maximum Gasteiger partial charge on any atom is 0.263 e. The predicted molar refractivity (Wildman–Crippen MR) is 121 cm³/mol. The van der Waals surface area contributed by atoms with E-state index in [9.17, 15) is 4.79 Å². The lowest BCUT2D eigenvalue weighted by Gasteiger charge is -2.33. The Morgan fingerprint density at radius 2 is 1.87 bits per heavy atom. The average molecular weight is 417 g/mol. The maximum atomic E-state index is 12.9. The first kappa shape index (κ1) is 20.8. The average Bonchev–Trinajstić information content (AvgIpc) is 2.80. The molecule has 0 bridgehead atoms. The molecule has 1 aliphatic rings. The Morgan fingerprint density at radius 1 is 1.10 bits per heavy atom.